The Morgan fingerprint density at radius 3 is 2.62 bits per heavy atom. The molecule has 1 unspecified atom stereocenters. The van der Waals surface area contributed by atoms with Gasteiger partial charge in [-0.05, 0) is 37.1 Å². The van der Waals surface area contributed by atoms with Crippen LogP contribution in [0.15, 0.2) is 70.6 Å². The predicted octanol–water partition coefficient (Wildman–Crippen LogP) is 3.03. The van der Waals surface area contributed by atoms with E-state index in [4.69, 9.17) is 0 Å². The third-order valence-corrected chi connectivity index (χ3v) is 6.50. The molecule has 1 aromatic heterocycles. The standard InChI is InChI=1S/C20H20N2O3S/c23-16-7-5-11-22(14-16)19-10-4-6-15-12-18(13-21-20(15)19)26(24,25)17-8-2-1-3-9-17/h1-4,6,8-10,12-13,16,23H,5,7,11,14H2. The van der Waals surface area contributed by atoms with Crippen LogP contribution in [0.2, 0.25) is 0 Å². The molecule has 2 heterocycles. The summed E-state index contributed by atoms with van der Waals surface area (Å²) in [5.74, 6) is 0. The zero-order chi connectivity index (χ0) is 18.1. The molecule has 1 fully saturated rings. The Morgan fingerprint density at radius 1 is 1.04 bits per heavy atom. The van der Waals surface area contributed by atoms with Crippen LogP contribution in [0.25, 0.3) is 10.9 Å². The van der Waals surface area contributed by atoms with E-state index in [0.717, 1.165) is 36.0 Å². The molecule has 1 atom stereocenters. The molecule has 0 bridgehead atoms. The van der Waals surface area contributed by atoms with Crippen molar-refractivity contribution in [2.24, 2.45) is 0 Å². The number of pyridine rings is 1. The molecule has 6 heteroatoms. The van der Waals surface area contributed by atoms with Gasteiger partial charge in [0, 0.05) is 24.7 Å². The first-order chi connectivity index (χ1) is 12.6. The first kappa shape index (κ1) is 17.0. The number of hydrogen-bond donors (Lipinski definition) is 1. The zero-order valence-corrected chi connectivity index (χ0v) is 15.1. The maximum absolute atomic E-state index is 12.8. The molecule has 1 aliphatic heterocycles. The highest BCUT2D eigenvalue weighted by Crippen LogP contribution is 2.30. The normalized spacial score (nSPS) is 18.2. The summed E-state index contributed by atoms with van der Waals surface area (Å²) in [6.45, 7) is 1.44. The van der Waals surface area contributed by atoms with Crippen molar-refractivity contribution in [2.75, 3.05) is 18.0 Å². The van der Waals surface area contributed by atoms with Crippen LogP contribution in [0.3, 0.4) is 0 Å². The number of para-hydroxylation sites is 1. The van der Waals surface area contributed by atoms with Gasteiger partial charge in [-0.2, -0.15) is 0 Å². The van der Waals surface area contributed by atoms with E-state index in [9.17, 15) is 13.5 Å². The van der Waals surface area contributed by atoms with Gasteiger partial charge in [0.05, 0.1) is 27.1 Å². The van der Waals surface area contributed by atoms with Crippen LogP contribution < -0.4 is 4.90 Å². The van der Waals surface area contributed by atoms with E-state index in [1.54, 1.807) is 36.4 Å². The molecule has 1 N–H and O–H groups in total. The summed E-state index contributed by atoms with van der Waals surface area (Å²) in [4.78, 5) is 7.04. The number of sulfone groups is 1. The van der Waals surface area contributed by atoms with Crippen molar-refractivity contribution in [2.45, 2.75) is 28.7 Å². The summed E-state index contributed by atoms with van der Waals surface area (Å²) in [5.41, 5.74) is 1.69. The number of aromatic nitrogens is 1. The molecule has 0 aliphatic carbocycles. The van der Waals surface area contributed by atoms with Crippen LogP contribution in [0.4, 0.5) is 5.69 Å². The Labute approximate surface area is 152 Å². The average Bonchev–Trinajstić information content (AvgIpc) is 2.67. The second-order valence-electron chi connectivity index (χ2n) is 6.58. The van der Waals surface area contributed by atoms with E-state index >= 15 is 0 Å². The van der Waals surface area contributed by atoms with Crippen LogP contribution in [-0.4, -0.2) is 37.7 Å². The molecule has 1 aliphatic rings. The third kappa shape index (κ3) is 3.06. The van der Waals surface area contributed by atoms with Gasteiger partial charge in [-0.1, -0.05) is 30.3 Å². The van der Waals surface area contributed by atoms with Gasteiger partial charge in [-0.25, -0.2) is 8.42 Å². The van der Waals surface area contributed by atoms with Gasteiger partial charge in [-0.3, -0.25) is 4.98 Å². The lowest BCUT2D eigenvalue weighted by Crippen LogP contribution is -2.38. The number of aliphatic hydroxyl groups excluding tert-OH is 1. The number of benzene rings is 2. The fraction of sp³-hybridized carbons (Fsp3) is 0.250. The fourth-order valence-corrected chi connectivity index (χ4v) is 4.70. The van der Waals surface area contributed by atoms with Gasteiger partial charge >= 0.3 is 0 Å². The molecular weight excluding hydrogens is 348 g/mol. The van der Waals surface area contributed by atoms with E-state index in [1.165, 1.54) is 6.20 Å². The maximum atomic E-state index is 12.8. The number of anilines is 1. The third-order valence-electron chi connectivity index (χ3n) is 4.77. The molecule has 3 aromatic rings. The molecule has 5 nitrogen and oxygen atoms in total. The molecule has 0 radical (unpaired) electrons. The zero-order valence-electron chi connectivity index (χ0n) is 14.2. The molecule has 0 amide bonds. The molecular formula is C20H20N2O3S. The highest BCUT2D eigenvalue weighted by atomic mass is 32.2. The molecule has 0 spiro atoms. The SMILES string of the molecule is O=S(=O)(c1ccccc1)c1cnc2c(N3CCCC(O)C3)cccc2c1. The number of nitrogens with zero attached hydrogens (tertiary/aromatic N) is 2. The summed E-state index contributed by atoms with van der Waals surface area (Å²) in [7, 11) is -3.59. The minimum absolute atomic E-state index is 0.187. The van der Waals surface area contributed by atoms with Crippen molar-refractivity contribution in [1.29, 1.82) is 0 Å². The Kier molecular flexibility index (Phi) is 4.38. The summed E-state index contributed by atoms with van der Waals surface area (Å²) < 4.78 is 25.6. The smallest absolute Gasteiger partial charge is 0.208 e. The quantitative estimate of drug-likeness (QED) is 0.769. The maximum Gasteiger partial charge on any atom is 0.208 e. The first-order valence-corrected chi connectivity index (χ1v) is 10.2. The van der Waals surface area contributed by atoms with Crippen molar-refractivity contribution >= 4 is 26.4 Å². The minimum atomic E-state index is -3.59. The summed E-state index contributed by atoms with van der Waals surface area (Å²) in [6, 6.07) is 15.8. The average molecular weight is 368 g/mol. The molecule has 26 heavy (non-hydrogen) atoms. The van der Waals surface area contributed by atoms with Crippen LogP contribution in [0.5, 0.6) is 0 Å². The largest absolute Gasteiger partial charge is 0.391 e. The minimum Gasteiger partial charge on any atom is -0.391 e. The predicted molar refractivity (Wildman–Crippen MR) is 101 cm³/mol. The molecule has 134 valence electrons. The summed E-state index contributed by atoms with van der Waals surface area (Å²) in [5, 5.41) is 10.7. The van der Waals surface area contributed by atoms with Gasteiger partial charge < -0.3 is 10.0 Å². The van der Waals surface area contributed by atoms with E-state index < -0.39 is 9.84 Å². The van der Waals surface area contributed by atoms with Crippen molar-refractivity contribution in [1.82, 2.24) is 4.98 Å². The molecule has 0 saturated carbocycles. The topological polar surface area (TPSA) is 70.5 Å². The molecule has 4 rings (SSSR count). The van der Waals surface area contributed by atoms with Crippen LogP contribution in [-0.2, 0) is 9.84 Å². The Bertz CT molecular complexity index is 1040. The fourth-order valence-electron chi connectivity index (χ4n) is 3.44. The summed E-state index contributed by atoms with van der Waals surface area (Å²) in [6.07, 6.45) is 2.83. The van der Waals surface area contributed by atoms with Crippen molar-refractivity contribution in [3.05, 3.63) is 60.8 Å². The number of aliphatic hydroxyl groups is 1. The summed E-state index contributed by atoms with van der Waals surface area (Å²) >= 11 is 0. The van der Waals surface area contributed by atoms with Gasteiger partial charge in [0.25, 0.3) is 0 Å². The van der Waals surface area contributed by atoms with E-state index in [2.05, 4.69) is 9.88 Å². The Morgan fingerprint density at radius 2 is 1.85 bits per heavy atom. The Balaban J connectivity index is 1.77. The number of β-amino-alcohol motifs (C(OH)–C–C–N with tert-alkyl or cyclic N) is 1. The number of hydrogen-bond acceptors (Lipinski definition) is 5. The number of piperidine rings is 1. The van der Waals surface area contributed by atoms with E-state index in [-0.39, 0.29) is 15.9 Å². The van der Waals surface area contributed by atoms with Crippen molar-refractivity contribution in [3.8, 4) is 0 Å². The molecule has 2 aromatic carbocycles. The van der Waals surface area contributed by atoms with Gasteiger partial charge in [0.1, 0.15) is 0 Å². The Hall–Kier alpha value is -2.44. The first-order valence-electron chi connectivity index (χ1n) is 8.67. The molecule has 1 saturated heterocycles. The lowest BCUT2D eigenvalue weighted by atomic mass is 10.1. The van der Waals surface area contributed by atoms with Crippen LogP contribution in [0, 0.1) is 0 Å². The van der Waals surface area contributed by atoms with E-state index in [0.29, 0.717) is 6.54 Å². The van der Waals surface area contributed by atoms with Crippen molar-refractivity contribution in [3.63, 3.8) is 0 Å². The number of rotatable bonds is 3. The van der Waals surface area contributed by atoms with Crippen molar-refractivity contribution < 1.29 is 13.5 Å². The number of fused-ring (bicyclic) bond motifs is 1. The van der Waals surface area contributed by atoms with Gasteiger partial charge in [0.15, 0.2) is 0 Å². The lowest BCUT2D eigenvalue weighted by Gasteiger charge is -2.32. The van der Waals surface area contributed by atoms with Crippen LogP contribution in [0.1, 0.15) is 12.8 Å². The van der Waals surface area contributed by atoms with E-state index in [1.807, 2.05) is 18.2 Å². The second kappa shape index (κ2) is 6.70. The second-order valence-corrected chi connectivity index (χ2v) is 8.53. The van der Waals surface area contributed by atoms with Gasteiger partial charge in [0.2, 0.25) is 9.84 Å². The lowest BCUT2D eigenvalue weighted by molar-refractivity contribution is 0.154. The highest BCUT2D eigenvalue weighted by Gasteiger charge is 2.22. The van der Waals surface area contributed by atoms with Gasteiger partial charge in [-0.15, -0.1) is 0 Å². The monoisotopic (exact) mass is 368 g/mol. The highest BCUT2D eigenvalue weighted by molar-refractivity contribution is 7.91. The van der Waals surface area contributed by atoms with Crippen LogP contribution >= 0.6 is 0 Å².